The molecule has 1 heterocycles. The highest BCUT2D eigenvalue weighted by atomic mass is 16.5. The summed E-state index contributed by atoms with van der Waals surface area (Å²) in [5, 5.41) is 3.28. The van der Waals surface area contributed by atoms with Gasteiger partial charge in [-0.2, -0.15) is 0 Å². The van der Waals surface area contributed by atoms with Gasteiger partial charge in [0.1, 0.15) is 6.04 Å². The molecule has 1 rings (SSSR count). The predicted molar refractivity (Wildman–Crippen MR) is 55.1 cm³/mol. The summed E-state index contributed by atoms with van der Waals surface area (Å²) in [6.45, 7) is 6.26. The molecule has 0 aromatic carbocycles. The van der Waals surface area contributed by atoms with E-state index in [-0.39, 0.29) is 12.0 Å². The molecule has 14 heavy (non-hydrogen) atoms. The topological polar surface area (TPSA) is 41.6 Å². The standard InChI is InChI=1S/C10H20N2O2/c1-4-14-10(13)8(2)11-9-5-6-12(3)7-9/h8-9,11H,4-7H2,1-3H3. The van der Waals surface area contributed by atoms with Gasteiger partial charge in [-0.05, 0) is 33.9 Å². The van der Waals surface area contributed by atoms with Crippen molar-refractivity contribution >= 4 is 5.97 Å². The molecule has 4 heteroatoms. The fraction of sp³-hybridized carbons (Fsp3) is 0.900. The summed E-state index contributed by atoms with van der Waals surface area (Å²) < 4.78 is 4.93. The van der Waals surface area contributed by atoms with Crippen LogP contribution in [0.3, 0.4) is 0 Å². The van der Waals surface area contributed by atoms with Gasteiger partial charge in [-0.3, -0.25) is 4.79 Å². The molecule has 0 radical (unpaired) electrons. The molecule has 2 unspecified atom stereocenters. The molecule has 1 fully saturated rings. The Hall–Kier alpha value is -0.610. The van der Waals surface area contributed by atoms with Gasteiger partial charge in [-0.15, -0.1) is 0 Å². The van der Waals surface area contributed by atoms with Gasteiger partial charge in [0.05, 0.1) is 6.61 Å². The molecule has 0 saturated carbocycles. The second-order valence-electron chi connectivity index (χ2n) is 3.89. The van der Waals surface area contributed by atoms with Crippen molar-refractivity contribution in [3.63, 3.8) is 0 Å². The highest BCUT2D eigenvalue weighted by molar-refractivity contribution is 5.75. The van der Waals surface area contributed by atoms with Gasteiger partial charge in [0.2, 0.25) is 0 Å². The number of carbonyl (C=O) groups is 1. The molecule has 0 spiro atoms. The summed E-state index contributed by atoms with van der Waals surface area (Å²) in [5.74, 6) is -0.151. The van der Waals surface area contributed by atoms with Crippen molar-refractivity contribution in [3.05, 3.63) is 0 Å². The first-order valence-electron chi connectivity index (χ1n) is 5.24. The van der Waals surface area contributed by atoms with Gasteiger partial charge in [0.25, 0.3) is 0 Å². The number of likely N-dealkylation sites (N-methyl/N-ethyl adjacent to an activating group) is 1. The number of hydrogen-bond acceptors (Lipinski definition) is 4. The summed E-state index contributed by atoms with van der Waals surface area (Å²) in [7, 11) is 2.09. The molecule has 1 saturated heterocycles. The lowest BCUT2D eigenvalue weighted by molar-refractivity contribution is -0.145. The maximum atomic E-state index is 11.3. The second kappa shape index (κ2) is 5.32. The fourth-order valence-corrected chi connectivity index (χ4v) is 1.76. The number of carbonyl (C=O) groups excluding carboxylic acids is 1. The molecule has 0 aromatic heterocycles. The Labute approximate surface area is 85.6 Å². The first-order valence-corrected chi connectivity index (χ1v) is 5.24. The van der Waals surface area contributed by atoms with Crippen molar-refractivity contribution in [1.29, 1.82) is 0 Å². The molecule has 0 aromatic rings. The van der Waals surface area contributed by atoms with Crippen molar-refractivity contribution in [1.82, 2.24) is 10.2 Å². The Kier molecular flexibility index (Phi) is 4.35. The Morgan fingerprint density at radius 3 is 2.93 bits per heavy atom. The number of ether oxygens (including phenoxy) is 1. The van der Waals surface area contributed by atoms with E-state index in [0.717, 1.165) is 19.5 Å². The molecule has 1 aliphatic heterocycles. The van der Waals surface area contributed by atoms with Crippen LogP contribution in [-0.2, 0) is 9.53 Å². The van der Waals surface area contributed by atoms with E-state index in [1.54, 1.807) is 0 Å². The number of nitrogens with one attached hydrogen (secondary N) is 1. The van der Waals surface area contributed by atoms with Crippen LogP contribution in [0.25, 0.3) is 0 Å². The molecular weight excluding hydrogens is 180 g/mol. The van der Waals surface area contributed by atoms with Crippen molar-refractivity contribution in [2.45, 2.75) is 32.4 Å². The third kappa shape index (κ3) is 3.27. The number of likely N-dealkylation sites (tertiary alicyclic amines) is 1. The number of esters is 1. The summed E-state index contributed by atoms with van der Waals surface area (Å²) in [5.41, 5.74) is 0. The summed E-state index contributed by atoms with van der Waals surface area (Å²) >= 11 is 0. The van der Waals surface area contributed by atoms with E-state index in [1.165, 1.54) is 0 Å². The van der Waals surface area contributed by atoms with Gasteiger partial charge in [-0.25, -0.2) is 0 Å². The van der Waals surface area contributed by atoms with Crippen molar-refractivity contribution in [2.75, 3.05) is 26.7 Å². The Morgan fingerprint density at radius 1 is 1.71 bits per heavy atom. The smallest absolute Gasteiger partial charge is 0.322 e. The highest BCUT2D eigenvalue weighted by Gasteiger charge is 2.23. The van der Waals surface area contributed by atoms with Gasteiger partial charge >= 0.3 is 5.97 Å². The van der Waals surface area contributed by atoms with E-state index in [1.807, 2.05) is 13.8 Å². The Bertz CT molecular complexity index is 197. The molecule has 1 aliphatic rings. The predicted octanol–water partition coefficient (Wildman–Crippen LogP) is 0.232. The minimum absolute atomic E-state index is 0.151. The zero-order valence-corrected chi connectivity index (χ0v) is 9.25. The van der Waals surface area contributed by atoms with Gasteiger partial charge in [0, 0.05) is 12.6 Å². The van der Waals surface area contributed by atoms with E-state index in [2.05, 4.69) is 17.3 Å². The van der Waals surface area contributed by atoms with E-state index < -0.39 is 0 Å². The van der Waals surface area contributed by atoms with Crippen LogP contribution in [-0.4, -0.2) is 49.7 Å². The Morgan fingerprint density at radius 2 is 2.43 bits per heavy atom. The zero-order valence-electron chi connectivity index (χ0n) is 9.25. The maximum absolute atomic E-state index is 11.3. The summed E-state index contributed by atoms with van der Waals surface area (Å²) in [4.78, 5) is 13.6. The van der Waals surface area contributed by atoms with Gasteiger partial charge < -0.3 is 15.0 Å². The molecule has 2 atom stereocenters. The van der Waals surface area contributed by atoms with Crippen LogP contribution in [0.15, 0.2) is 0 Å². The largest absolute Gasteiger partial charge is 0.465 e. The fourth-order valence-electron chi connectivity index (χ4n) is 1.76. The lowest BCUT2D eigenvalue weighted by Gasteiger charge is -2.17. The molecular formula is C10H20N2O2. The minimum atomic E-state index is -0.188. The van der Waals surface area contributed by atoms with Crippen LogP contribution < -0.4 is 5.32 Å². The van der Waals surface area contributed by atoms with Gasteiger partial charge in [0.15, 0.2) is 0 Å². The van der Waals surface area contributed by atoms with E-state index >= 15 is 0 Å². The van der Waals surface area contributed by atoms with Crippen LogP contribution in [0.2, 0.25) is 0 Å². The summed E-state index contributed by atoms with van der Waals surface area (Å²) in [6, 6.07) is 0.242. The SMILES string of the molecule is CCOC(=O)C(C)NC1CCN(C)C1. The highest BCUT2D eigenvalue weighted by Crippen LogP contribution is 2.07. The van der Waals surface area contributed by atoms with Crippen LogP contribution in [0.1, 0.15) is 20.3 Å². The van der Waals surface area contributed by atoms with Gasteiger partial charge in [-0.1, -0.05) is 0 Å². The minimum Gasteiger partial charge on any atom is -0.465 e. The van der Waals surface area contributed by atoms with E-state index in [9.17, 15) is 4.79 Å². The van der Waals surface area contributed by atoms with E-state index in [0.29, 0.717) is 12.6 Å². The lowest BCUT2D eigenvalue weighted by Crippen LogP contribution is -2.43. The molecule has 1 N–H and O–H groups in total. The van der Waals surface area contributed by atoms with Crippen LogP contribution in [0.4, 0.5) is 0 Å². The maximum Gasteiger partial charge on any atom is 0.322 e. The molecule has 82 valence electrons. The zero-order chi connectivity index (χ0) is 10.6. The van der Waals surface area contributed by atoms with Crippen molar-refractivity contribution in [3.8, 4) is 0 Å². The average molecular weight is 200 g/mol. The van der Waals surface area contributed by atoms with Crippen LogP contribution in [0.5, 0.6) is 0 Å². The third-order valence-electron chi connectivity index (χ3n) is 2.52. The Balaban J connectivity index is 2.26. The normalized spacial score (nSPS) is 24.9. The van der Waals surface area contributed by atoms with Crippen molar-refractivity contribution < 1.29 is 9.53 Å². The summed E-state index contributed by atoms with van der Waals surface area (Å²) in [6.07, 6.45) is 1.11. The number of nitrogens with zero attached hydrogens (tertiary/aromatic N) is 1. The lowest BCUT2D eigenvalue weighted by atomic mass is 10.2. The second-order valence-corrected chi connectivity index (χ2v) is 3.89. The third-order valence-corrected chi connectivity index (χ3v) is 2.52. The van der Waals surface area contributed by atoms with Crippen LogP contribution >= 0.6 is 0 Å². The number of hydrogen-bond donors (Lipinski definition) is 1. The average Bonchev–Trinajstić information content (AvgIpc) is 2.51. The number of rotatable bonds is 4. The van der Waals surface area contributed by atoms with E-state index in [4.69, 9.17) is 4.74 Å². The molecule has 0 bridgehead atoms. The molecule has 4 nitrogen and oxygen atoms in total. The first kappa shape index (κ1) is 11.5. The van der Waals surface area contributed by atoms with Crippen LogP contribution in [0, 0.1) is 0 Å². The molecule has 0 amide bonds. The van der Waals surface area contributed by atoms with Crippen molar-refractivity contribution in [2.24, 2.45) is 0 Å². The first-order chi connectivity index (χ1) is 6.63. The monoisotopic (exact) mass is 200 g/mol. The molecule has 0 aliphatic carbocycles. The quantitative estimate of drug-likeness (QED) is 0.660.